The first-order chi connectivity index (χ1) is 9.98. The second-order valence-electron chi connectivity index (χ2n) is 4.43. The van der Waals surface area contributed by atoms with Gasteiger partial charge in [-0.25, -0.2) is 8.42 Å². The van der Waals surface area contributed by atoms with Crippen LogP contribution in [0.4, 0.5) is 13.2 Å². The molecule has 0 atom stereocenters. The first kappa shape index (κ1) is 18.8. The average molecular weight is 404 g/mol. The number of benzene rings is 1. The van der Waals surface area contributed by atoms with E-state index >= 15 is 0 Å². The van der Waals surface area contributed by atoms with Crippen LogP contribution in [0.2, 0.25) is 0 Å². The standard InChI is InChI=1S/C12H13BrF3NO4S/c1-22(19,20)5-4-17-11(18)8-2-3-9(13)10(6-8)21-7-12(14,15)16/h2-3,6H,4-5,7H2,1H3,(H,17,18). The third-order valence-corrected chi connectivity index (χ3v) is 3.94. The maximum Gasteiger partial charge on any atom is 0.422 e. The highest BCUT2D eigenvalue weighted by molar-refractivity contribution is 9.10. The van der Waals surface area contributed by atoms with Crippen LogP contribution in [-0.4, -0.2) is 45.7 Å². The second-order valence-corrected chi connectivity index (χ2v) is 7.55. The molecule has 1 aromatic rings. The highest BCUT2D eigenvalue weighted by atomic mass is 79.9. The van der Waals surface area contributed by atoms with E-state index < -0.39 is 28.5 Å². The molecule has 1 aromatic carbocycles. The summed E-state index contributed by atoms with van der Waals surface area (Å²) in [6, 6.07) is 3.89. The lowest BCUT2D eigenvalue weighted by Gasteiger charge is -2.12. The molecule has 0 aliphatic heterocycles. The van der Waals surface area contributed by atoms with Gasteiger partial charge in [-0.15, -0.1) is 0 Å². The molecule has 0 unspecified atom stereocenters. The molecule has 22 heavy (non-hydrogen) atoms. The van der Waals surface area contributed by atoms with Gasteiger partial charge in [0.15, 0.2) is 6.61 Å². The normalized spacial score (nSPS) is 12.0. The van der Waals surface area contributed by atoms with E-state index in [4.69, 9.17) is 0 Å². The molecule has 0 spiro atoms. The maximum absolute atomic E-state index is 12.1. The number of nitrogens with one attached hydrogen (secondary N) is 1. The smallest absolute Gasteiger partial charge is 0.422 e. The number of ether oxygens (including phenoxy) is 1. The molecule has 0 aliphatic carbocycles. The fraction of sp³-hybridized carbons (Fsp3) is 0.417. The van der Waals surface area contributed by atoms with E-state index in [9.17, 15) is 26.4 Å². The summed E-state index contributed by atoms with van der Waals surface area (Å²) in [6.45, 7) is -1.57. The van der Waals surface area contributed by atoms with Crippen molar-refractivity contribution >= 4 is 31.7 Å². The summed E-state index contributed by atoms with van der Waals surface area (Å²) in [5.74, 6) is -0.965. The summed E-state index contributed by atoms with van der Waals surface area (Å²) in [5.41, 5.74) is 0.0638. The summed E-state index contributed by atoms with van der Waals surface area (Å²) < 4.78 is 63.2. The van der Waals surface area contributed by atoms with E-state index in [1.807, 2.05) is 0 Å². The Bertz CT molecular complexity index is 646. The van der Waals surface area contributed by atoms with Gasteiger partial charge in [-0.2, -0.15) is 13.2 Å². The number of alkyl halides is 3. The Balaban J connectivity index is 2.73. The van der Waals surface area contributed by atoms with E-state index in [2.05, 4.69) is 26.0 Å². The van der Waals surface area contributed by atoms with Crippen molar-refractivity contribution in [2.24, 2.45) is 0 Å². The molecule has 1 N–H and O–H groups in total. The van der Waals surface area contributed by atoms with Gasteiger partial charge in [-0.05, 0) is 34.1 Å². The van der Waals surface area contributed by atoms with Gasteiger partial charge in [-0.1, -0.05) is 0 Å². The van der Waals surface area contributed by atoms with Crippen molar-refractivity contribution in [1.29, 1.82) is 0 Å². The highest BCUT2D eigenvalue weighted by Crippen LogP contribution is 2.28. The Kier molecular flexibility index (Phi) is 6.24. The Morgan fingerprint density at radius 1 is 1.36 bits per heavy atom. The molecule has 0 heterocycles. The van der Waals surface area contributed by atoms with Crippen molar-refractivity contribution < 1.29 is 31.1 Å². The molecule has 0 radical (unpaired) electrons. The second kappa shape index (κ2) is 7.32. The Labute approximate surface area is 133 Å². The van der Waals surface area contributed by atoms with Gasteiger partial charge in [-0.3, -0.25) is 4.79 Å². The fourth-order valence-corrected chi connectivity index (χ4v) is 2.20. The first-order valence-corrected chi connectivity index (χ1v) is 8.78. The number of amides is 1. The molecule has 0 fully saturated rings. The summed E-state index contributed by atoms with van der Waals surface area (Å²) >= 11 is 3.02. The monoisotopic (exact) mass is 403 g/mol. The zero-order valence-electron chi connectivity index (χ0n) is 11.4. The maximum atomic E-state index is 12.1. The zero-order chi connectivity index (χ0) is 17.0. The molecule has 1 amide bonds. The summed E-state index contributed by atoms with van der Waals surface area (Å²) in [7, 11) is -3.21. The van der Waals surface area contributed by atoms with Crippen LogP contribution in [0.15, 0.2) is 22.7 Å². The minimum absolute atomic E-state index is 0.0638. The lowest BCUT2D eigenvalue weighted by molar-refractivity contribution is -0.153. The Morgan fingerprint density at radius 2 is 2.00 bits per heavy atom. The molecular weight excluding hydrogens is 391 g/mol. The van der Waals surface area contributed by atoms with E-state index in [-0.39, 0.29) is 28.1 Å². The van der Waals surface area contributed by atoms with E-state index in [0.29, 0.717) is 0 Å². The number of sulfone groups is 1. The van der Waals surface area contributed by atoms with Crippen molar-refractivity contribution in [3.8, 4) is 5.75 Å². The molecule has 5 nitrogen and oxygen atoms in total. The summed E-state index contributed by atoms with van der Waals surface area (Å²) in [6.07, 6.45) is -3.46. The molecule has 0 aliphatic rings. The molecule has 1 rings (SSSR count). The van der Waals surface area contributed by atoms with E-state index in [1.165, 1.54) is 12.1 Å². The van der Waals surface area contributed by atoms with Gasteiger partial charge in [0.05, 0.1) is 10.2 Å². The van der Waals surface area contributed by atoms with Gasteiger partial charge in [0, 0.05) is 18.4 Å². The molecular formula is C12H13BrF3NO4S. The number of carbonyl (C=O) groups excluding carboxylic acids is 1. The summed E-state index contributed by atoms with van der Waals surface area (Å²) in [5, 5.41) is 2.36. The molecule has 0 saturated heterocycles. The predicted molar refractivity (Wildman–Crippen MR) is 77.7 cm³/mol. The number of halogens is 4. The van der Waals surface area contributed by atoms with E-state index in [1.54, 1.807) is 0 Å². The molecule has 10 heteroatoms. The van der Waals surface area contributed by atoms with Crippen molar-refractivity contribution in [3.05, 3.63) is 28.2 Å². The minimum atomic E-state index is -4.49. The Morgan fingerprint density at radius 3 is 2.55 bits per heavy atom. The van der Waals surface area contributed by atoms with Gasteiger partial charge in [0.1, 0.15) is 15.6 Å². The SMILES string of the molecule is CS(=O)(=O)CCNC(=O)c1ccc(Br)c(OCC(F)(F)F)c1. The van der Waals surface area contributed by atoms with Gasteiger partial charge >= 0.3 is 6.18 Å². The summed E-state index contributed by atoms with van der Waals surface area (Å²) in [4.78, 5) is 11.8. The van der Waals surface area contributed by atoms with Crippen LogP contribution in [0.5, 0.6) is 5.75 Å². The van der Waals surface area contributed by atoms with Gasteiger partial charge in [0.2, 0.25) is 0 Å². The zero-order valence-corrected chi connectivity index (χ0v) is 13.8. The van der Waals surface area contributed by atoms with Crippen LogP contribution in [-0.2, 0) is 9.84 Å². The van der Waals surface area contributed by atoms with Gasteiger partial charge < -0.3 is 10.1 Å². The fourth-order valence-electron chi connectivity index (χ4n) is 1.37. The van der Waals surface area contributed by atoms with Gasteiger partial charge in [0.25, 0.3) is 5.91 Å². The third kappa shape index (κ3) is 7.12. The predicted octanol–water partition coefficient (Wildman–Crippen LogP) is 2.16. The van der Waals surface area contributed by atoms with Crippen LogP contribution in [0.3, 0.4) is 0 Å². The molecule has 0 bridgehead atoms. The van der Waals surface area contributed by atoms with Crippen molar-refractivity contribution in [3.63, 3.8) is 0 Å². The molecule has 0 saturated carbocycles. The third-order valence-electron chi connectivity index (χ3n) is 2.34. The number of hydrogen-bond acceptors (Lipinski definition) is 4. The van der Waals surface area contributed by atoms with Crippen LogP contribution >= 0.6 is 15.9 Å². The molecule has 0 aromatic heterocycles. The van der Waals surface area contributed by atoms with Crippen molar-refractivity contribution in [2.75, 3.05) is 25.2 Å². The topological polar surface area (TPSA) is 72.5 Å². The quantitative estimate of drug-likeness (QED) is 0.789. The van der Waals surface area contributed by atoms with E-state index in [0.717, 1.165) is 12.3 Å². The van der Waals surface area contributed by atoms with Crippen LogP contribution in [0, 0.1) is 0 Å². The first-order valence-electron chi connectivity index (χ1n) is 5.93. The lowest BCUT2D eigenvalue weighted by Crippen LogP contribution is -2.28. The van der Waals surface area contributed by atoms with Crippen LogP contribution < -0.4 is 10.1 Å². The van der Waals surface area contributed by atoms with Crippen LogP contribution in [0.1, 0.15) is 10.4 Å². The molecule has 124 valence electrons. The van der Waals surface area contributed by atoms with Crippen LogP contribution in [0.25, 0.3) is 0 Å². The minimum Gasteiger partial charge on any atom is -0.483 e. The lowest BCUT2D eigenvalue weighted by atomic mass is 10.2. The number of carbonyl (C=O) groups is 1. The van der Waals surface area contributed by atoms with Crippen molar-refractivity contribution in [1.82, 2.24) is 5.32 Å². The number of rotatable bonds is 6. The van der Waals surface area contributed by atoms with Crippen molar-refractivity contribution in [2.45, 2.75) is 6.18 Å². The number of hydrogen-bond donors (Lipinski definition) is 1. The average Bonchev–Trinajstić information content (AvgIpc) is 2.35. The highest BCUT2D eigenvalue weighted by Gasteiger charge is 2.28. The largest absolute Gasteiger partial charge is 0.483 e. The Hall–Kier alpha value is -1.29.